The van der Waals surface area contributed by atoms with E-state index in [0.29, 0.717) is 11.8 Å². The minimum atomic E-state index is -0.206. The van der Waals surface area contributed by atoms with E-state index < -0.39 is 0 Å². The van der Waals surface area contributed by atoms with Gasteiger partial charge in [0.15, 0.2) is 0 Å². The maximum atomic E-state index is 12.5. The average Bonchev–Trinajstić information content (AvgIpc) is 3.16. The predicted octanol–water partition coefficient (Wildman–Crippen LogP) is 4.03. The zero-order chi connectivity index (χ0) is 16.7. The normalized spacial score (nSPS) is 49.4. The summed E-state index contributed by atoms with van der Waals surface area (Å²) in [5.41, 5.74) is 1.92. The highest BCUT2D eigenvalue weighted by atomic mass is 16.6. The Morgan fingerprint density at radius 3 is 2.88 bits per heavy atom. The number of esters is 1. The highest BCUT2D eigenvalue weighted by molar-refractivity contribution is 5.93. The van der Waals surface area contributed by atoms with Gasteiger partial charge in [0.25, 0.3) is 0 Å². The van der Waals surface area contributed by atoms with Crippen LogP contribution in [0.3, 0.4) is 0 Å². The van der Waals surface area contributed by atoms with E-state index in [2.05, 4.69) is 26.8 Å². The van der Waals surface area contributed by atoms with Gasteiger partial charge in [0, 0.05) is 16.6 Å². The van der Waals surface area contributed by atoms with E-state index in [4.69, 9.17) is 13.9 Å². The van der Waals surface area contributed by atoms with Crippen LogP contribution in [0.5, 0.6) is 0 Å². The molecule has 0 aromatic carbocycles. The molecular weight excluding hydrogens is 304 g/mol. The number of ether oxygens (including phenoxy) is 2. The molecule has 24 heavy (non-hydrogen) atoms. The van der Waals surface area contributed by atoms with Crippen LogP contribution in [0.15, 0.2) is 34.7 Å². The third kappa shape index (κ3) is 1.56. The fraction of sp³-hybridized carbons (Fsp3) is 0.650. The van der Waals surface area contributed by atoms with Gasteiger partial charge < -0.3 is 13.9 Å². The van der Waals surface area contributed by atoms with Crippen molar-refractivity contribution in [1.82, 2.24) is 0 Å². The standard InChI is InChI=1S/C20H24O4/c1-11-16-17-20(3)13(18(21)24-17)5-4-6-15(20)19(11,2)9-14(23-16)12-7-8-22-10-12/h5,7-8,10-11,14-17H,4,6,9H2,1-3H3/t11-,14+,15-,16+,17-,19-,20+/m1/s1. The Balaban J connectivity index is 1.64. The van der Waals surface area contributed by atoms with Crippen LogP contribution < -0.4 is 0 Å². The number of carbonyl (C=O) groups is 1. The molecule has 0 amide bonds. The molecule has 2 aliphatic carbocycles. The van der Waals surface area contributed by atoms with E-state index in [-0.39, 0.29) is 35.1 Å². The van der Waals surface area contributed by atoms with E-state index in [9.17, 15) is 4.79 Å². The summed E-state index contributed by atoms with van der Waals surface area (Å²) in [5.74, 6) is 0.694. The summed E-state index contributed by atoms with van der Waals surface area (Å²) in [7, 11) is 0. The Morgan fingerprint density at radius 2 is 2.12 bits per heavy atom. The van der Waals surface area contributed by atoms with Crippen LogP contribution in [0, 0.1) is 22.7 Å². The first-order valence-corrected chi connectivity index (χ1v) is 9.05. The number of rotatable bonds is 1. The molecule has 0 N–H and O–H groups in total. The van der Waals surface area contributed by atoms with Gasteiger partial charge in [0.2, 0.25) is 0 Å². The third-order valence-corrected chi connectivity index (χ3v) is 7.64. The van der Waals surface area contributed by atoms with Gasteiger partial charge in [-0.25, -0.2) is 4.79 Å². The molecule has 0 spiro atoms. The largest absolute Gasteiger partial charge is 0.472 e. The molecule has 1 saturated carbocycles. The summed E-state index contributed by atoms with van der Waals surface area (Å²) in [6.45, 7) is 6.91. The van der Waals surface area contributed by atoms with Crippen LogP contribution in [0.1, 0.15) is 51.7 Å². The summed E-state index contributed by atoms with van der Waals surface area (Å²) in [6, 6.07) is 1.99. The van der Waals surface area contributed by atoms with Gasteiger partial charge in [-0.1, -0.05) is 26.8 Å². The average molecular weight is 328 g/mol. The SMILES string of the molecule is C[C@@H]1[C@@H]2O[C@H](c3ccoc3)C[C@@]1(C)[C@H]1CCC=C3C(=O)O[C@H]2[C@@]31C. The van der Waals surface area contributed by atoms with Crippen LogP contribution in [-0.2, 0) is 14.3 Å². The van der Waals surface area contributed by atoms with Crippen LogP contribution in [0.25, 0.3) is 0 Å². The maximum Gasteiger partial charge on any atom is 0.334 e. The molecule has 5 rings (SSSR count). The molecule has 1 aromatic rings. The van der Waals surface area contributed by atoms with Crippen molar-refractivity contribution in [3.63, 3.8) is 0 Å². The molecule has 2 bridgehead atoms. The fourth-order valence-electron chi connectivity index (χ4n) is 6.24. The van der Waals surface area contributed by atoms with E-state index in [0.717, 1.165) is 30.4 Å². The number of furan rings is 1. The van der Waals surface area contributed by atoms with Crippen molar-refractivity contribution >= 4 is 5.97 Å². The molecule has 128 valence electrons. The highest BCUT2D eigenvalue weighted by Gasteiger charge is 2.70. The Morgan fingerprint density at radius 1 is 1.29 bits per heavy atom. The summed E-state index contributed by atoms with van der Waals surface area (Å²) in [4.78, 5) is 12.5. The molecule has 4 nitrogen and oxygen atoms in total. The van der Waals surface area contributed by atoms with Crippen molar-refractivity contribution in [3.8, 4) is 0 Å². The summed E-state index contributed by atoms with van der Waals surface area (Å²) in [6.07, 6.45) is 8.47. The van der Waals surface area contributed by atoms with Crippen LogP contribution in [0.4, 0.5) is 0 Å². The molecule has 0 radical (unpaired) electrons. The zero-order valence-electron chi connectivity index (χ0n) is 14.5. The van der Waals surface area contributed by atoms with Crippen molar-refractivity contribution in [2.75, 3.05) is 0 Å². The summed E-state index contributed by atoms with van der Waals surface area (Å²) >= 11 is 0. The third-order valence-electron chi connectivity index (χ3n) is 7.64. The van der Waals surface area contributed by atoms with Crippen LogP contribution in [0.2, 0.25) is 0 Å². The first kappa shape index (κ1) is 14.8. The smallest absolute Gasteiger partial charge is 0.334 e. The fourth-order valence-corrected chi connectivity index (χ4v) is 6.24. The lowest BCUT2D eigenvalue weighted by molar-refractivity contribution is -0.256. The van der Waals surface area contributed by atoms with Crippen molar-refractivity contribution in [2.24, 2.45) is 22.7 Å². The first-order chi connectivity index (χ1) is 11.5. The number of fused-ring (bicyclic) bond motifs is 4. The Hall–Kier alpha value is -1.55. The van der Waals surface area contributed by atoms with Gasteiger partial charge in [0.1, 0.15) is 6.10 Å². The van der Waals surface area contributed by atoms with Crippen LogP contribution in [-0.4, -0.2) is 18.2 Å². The molecule has 2 aliphatic heterocycles. The van der Waals surface area contributed by atoms with Gasteiger partial charge in [-0.15, -0.1) is 0 Å². The van der Waals surface area contributed by atoms with E-state index in [1.165, 1.54) is 0 Å². The molecule has 7 atom stereocenters. The number of hydrogen-bond donors (Lipinski definition) is 0. The lowest BCUT2D eigenvalue weighted by Gasteiger charge is -2.63. The second-order valence-electron chi connectivity index (χ2n) is 8.50. The van der Waals surface area contributed by atoms with Crippen molar-refractivity contribution < 1.29 is 18.7 Å². The molecule has 3 fully saturated rings. The zero-order valence-corrected chi connectivity index (χ0v) is 14.5. The number of hydrogen-bond acceptors (Lipinski definition) is 4. The molecule has 2 saturated heterocycles. The first-order valence-electron chi connectivity index (χ1n) is 9.05. The Kier molecular flexibility index (Phi) is 2.79. The summed E-state index contributed by atoms with van der Waals surface area (Å²) < 4.78 is 17.7. The van der Waals surface area contributed by atoms with E-state index >= 15 is 0 Å². The number of allylic oxidation sites excluding steroid dienone is 1. The maximum absolute atomic E-state index is 12.5. The lowest BCUT2D eigenvalue weighted by Crippen LogP contribution is -2.64. The topological polar surface area (TPSA) is 48.7 Å². The minimum absolute atomic E-state index is 0.0214. The molecular formula is C20H24O4. The quantitative estimate of drug-likeness (QED) is 0.730. The van der Waals surface area contributed by atoms with Crippen molar-refractivity contribution in [3.05, 3.63) is 35.8 Å². The van der Waals surface area contributed by atoms with E-state index in [1.807, 2.05) is 6.07 Å². The van der Waals surface area contributed by atoms with Gasteiger partial charge in [-0.05, 0) is 42.6 Å². The Bertz CT molecular complexity index is 720. The molecule has 3 heterocycles. The highest BCUT2D eigenvalue weighted by Crippen LogP contribution is 2.68. The monoisotopic (exact) mass is 328 g/mol. The van der Waals surface area contributed by atoms with Crippen molar-refractivity contribution in [2.45, 2.75) is 58.3 Å². The van der Waals surface area contributed by atoms with Gasteiger partial charge in [0.05, 0.1) is 24.7 Å². The minimum Gasteiger partial charge on any atom is -0.472 e. The molecule has 4 heteroatoms. The lowest BCUT2D eigenvalue weighted by atomic mass is 9.44. The van der Waals surface area contributed by atoms with Gasteiger partial charge in [-0.2, -0.15) is 0 Å². The Labute approximate surface area is 142 Å². The second-order valence-corrected chi connectivity index (χ2v) is 8.50. The summed E-state index contributed by atoms with van der Waals surface area (Å²) in [5, 5.41) is 0. The number of carbonyl (C=O) groups excluding carboxylic acids is 1. The van der Waals surface area contributed by atoms with E-state index in [1.54, 1.807) is 12.5 Å². The van der Waals surface area contributed by atoms with Gasteiger partial charge in [-0.3, -0.25) is 0 Å². The predicted molar refractivity (Wildman–Crippen MR) is 87.0 cm³/mol. The van der Waals surface area contributed by atoms with Crippen molar-refractivity contribution in [1.29, 1.82) is 0 Å². The molecule has 1 aromatic heterocycles. The van der Waals surface area contributed by atoms with Gasteiger partial charge >= 0.3 is 5.97 Å². The molecule has 4 aliphatic rings. The second kappa shape index (κ2) is 4.54. The van der Waals surface area contributed by atoms with Crippen LogP contribution >= 0.6 is 0 Å². The molecule has 0 unspecified atom stereocenters.